The lowest BCUT2D eigenvalue weighted by Crippen LogP contribution is -2.39. The summed E-state index contributed by atoms with van der Waals surface area (Å²) >= 11 is 0. The minimum Gasteiger partial charge on any atom is -0.435 e. The molecule has 0 aliphatic heterocycles. The molecule has 2 aromatic carbocycles. The fraction of sp³-hybridized carbons (Fsp3) is 0.176. The lowest BCUT2D eigenvalue weighted by atomic mass is 10.2. The van der Waals surface area contributed by atoms with Gasteiger partial charge in [0.05, 0.1) is 6.54 Å². The molecule has 9 heteroatoms. The van der Waals surface area contributed by atoms with Crippen molar-refractivity contribution in [2.75, 3.05) is 11.9 Å². The zero-order valence-corrected chi connectivity index (χ0v) is 13.5. The molecule has 0 atom stereocenters. The van der Waals surface area contributed by atoms with E-state index in [1.165, 1.54) is 48.5 Å². The van der Waals surface area contributed by atoms with Gasteiger partial charge in [-0.15, -0.1) is 0 Å². The van der Waals surface area contributed by atoms with Crippen molar-refractivity contribution < 1.29 is 27.5 Å². The number of amides is 3. The largest absolute Gasteiger partial charge is 0.435 e. The molecular formula is C17H16F3N3O3. The number of anilines is 1. The normalized spacial score (nSPS) is 10.3. The zero-order chi connectivity index (χ0) is 18.9. The molecule has 0 aliphatic carbocycles. The Bertz CT molecular complexity index is 737. The van der Waals surface area contributed by atoms with E-state index in [9.17, 15) is 22.8 Å². The average molecular weight is 367 g/mol. The summed E-state index contributed by atoms with van der Waals surface area (Å²) in [6.07, 6.45) is 0. The average Bonchev–Trinajstić information content (AvgIpc) is 2.61. The maximum Gasteiger partial charge on any atom is 0.387 e. The van der Waals surface area contributed by atoms with Crippen LogP contribution in [0.25, 0.3) is 0 Å². The number of hydrogen-bond donors (Lipinski definition) is 3. The van der Waals surface area contributed by atoms with E-state index in [-0.39, 0.29) is 24.7 Å². The third-order valence-corrected chi connectivity index (χ3v) is 3.14. The topological polar surface area (TPSA) is 79.5 Å². The zero-order valence-electron chi connectivity index (χ0n) is 13.5. The van der Waals surface area contributed by atoms with E-state index >= 15 is 0 Å². The predicted octanol–water partition coefficient (Wildman–Crippen LogP) is 2.87. The standard InChI is InChI=1S/C17H16F3N3O3/c18-12-3-1-11(2-4-12)9-21-17(25)22-10-15(24)23-13-5-7-14(8-6-13)26-16(19)20/h1-8,16H,9-10H2,(H,23,24)(H2,21,22,25). The lowest BCUT2D eigenvalue weighted by molar-refractivity contribution is -0.115. The predicted molar refractivity (Wildman–Crippen MR) is 88.3 cm³/mol. The van der Waals surface area contributed by atoms with Gasteiger partial charge in [-0.25, -0.2) is 9.18 Å². The fourth-order valence-corrected chi connectivity index (χ4v) is 1.93. The molecule has 0 heterocycles. The molecule has 3 N–H and O–H groups in total. The van der Waals surface area contributed by atoms with Crippen LogP contribution in [0.3, 0.4) is 0 Å². The van der Waals surface area contributed by atoms with Crippen molar-refractivity contribution in [1.29, 1.82) is 0 Å². The molecule has 0 saturated heterocycles. The highest BCUT2D eigenvalue weighted by Gasteiger charge is 2.07. The van der Waals surface area contributed by atoms with Crippen molar-refractivity contribution in [2.24, 2.45) is 0 Å². The SMILES string of the molecule is O=C(CNC(=O)NCc1ccc(F)cc1)Nc1ccc(OC(F)F)cc1. The first-order valence-electron chi connectivity index (χ1n) is 7.53. The van der Waals surface area contributed by atoms with Gasteiger partial charge >= 0.3 is 12.6 Å². The van der Waals surface area contributed by atoms with E-state index in [2.05, 4.69) is 20.7 Å². The van der Waals surface area contributed by atoms with E-state index < -0.39 is 18.5 Å². The van der Waals surface area contributed by atoms with E-state index in [1.807, 2.05) is 0 Å². The summed E-state index contributed by atoms with van der Waals surface area (Å²) < 4.78 is 41.0. The quantitative estimate of drug-likeness (QED) is 0.704. The Kier molecular flexibility index (Phi) is 6.84. The Labute approximate surface area is 147 Å². The van der Waals surface area contributed by atoms with Crippen molar-refractivity contribution in [2.45, 2.75) is 13.2 Å². The number of nitrogens with one attached hydrogen (secondary N) is 3. The first kappa shape index (κ1) is 19.1. The summed E-state index contributed by atoms with van der Waals surface area (Å²) in [5.74, 6) is -0.899. The second-order valence-corrected chi connectivity index (χ2v) is 5.11. The Balaban J connectivity index is 1.70. The molecule has 3 amide bonds. The molecule has 0 aromatic heterocycles. The number of alkyl halides is 2. The van der Waals surface area contributed by atoms with Crippen LogP contribution in [0, 0.1) is 5.82 Å². The van der Waals surface area contributed by atoms with E-state index in [0.717, 1.165) is 0 Å². The molecule has 0 spiro atoms. The van der Waals surface area contributed by atoms with Crippen LogP contribution in [0.1, 0.15) is 5.56 Å². The van der Waals surface area contributed by atoms with Crippen LogP contribution in [0.5, 0.6) is 5.75 Å². The maximum absolute atomic E-state index is 12.8. The second-order valence-electron chi connectivity index (χ2n) is 5.11. The van der Waals surface area contributed by atoms with Crippen LogP contribution in [-0.2, 0) is 11.3 Å². The molecule has 0 aliphatic rings. The van der Waals surface area contributed by atoms with Crippen LogP contribution in [0.4, 0.5) is 23.7 Å². The van der Waals surface area contributed by atoms with Crippen LogP contribution in [-0.4, -0.2) is 25.1 Å². The van der Waals surface area contributed by atoms with Crippen LogP contribution in [0.2, 0.25) is 0 Å². The first-order valence-corrected chi connectivity index (χ1v) is 7.53. The maximum atomic E-state index is 12.8. The molecule has 2 rings (SSSR count). The number of carbonyl (C=O) groups excluding carboxylic acids is 2. The van der Waals surface area contributed by atoms with Gasteiger partial charge in [0, 0.05) is 12.2 Å². The number of urea groups is 1. The van der Waals surface area contributed by atoms with Crippen molar-refractivity contribution in [1.82, 2.24) is 10.6 Å². The summed E-state index contributed by atoms with van der Waals surface area (Å²) in [5, 5.41) is 7.38. The summed E-state index contributed by atoms with van der Waals surface area (Å²) in [5.41, 5.74) is 1.07. The third-order valence-electron chi connectivity index (χ3n) is 3.14. The van der Waals surface area contributed by atoms with Crippen LogP contribution >= 0.6 is 0 Å². The van der Waals surface area contributed by atoms with Gasteiger partial charge in [0.2, 0.25) is 5.91 Å². The van der Waals surface area contributed by atoms with E-state index in [1.54, 1.807) is 0 Å². The minimum absolute atomic E-state index is 0.0312. The number of rotatable bonds is 7. The number of carbonyl (C=O) groups is 2. The highest BCUT2D eigenvalue weighted by atomic mass is 19.3. The molecule has 0 saturated carbocycles. The Morgan fingerprint density at radius 1 is 0.962 bits per heavy atom. The van der Waals surface area contributed by atoms with E-state index in [0.29, 0.717) is 11.3 Å². The van der Waals surface area contributed by atoms with Crippen molar-refractivity contribution in [3.05, 3.63) is 59.9 Å². The lowest BCUT2D eigenvalue weighted by Gasteiger charge is -2.09. The number of hydrogen-bond acceptors (Lipinski definition) is 3. The van der Waals surface area contributed by atoms with Crippen molar-refractivity contribution in [3.8, 4) is 5.75 Å². The molecule has 138 valence electrons. The Hall–Kier alpha value is -3.23. The number of halogens is 3. The van der Waals surface area contributed by atoms with Gasteiger partial charge in [0.1, 0.15) is 11.6 Å². The highest BCUT2D eigenvalue weighted by Crippen LogP contribution is 2.17. The molecule has 0 bridgehead atoms. The summed E-state index contributed by atoms with van der Waals surface area (Å²) in [4.78, 5) is 23.4. The highest BCUT2D eigenvalue weighted by molar-refractivity contribution is 5.94. The van der Waals surface area contributed by atoms with Gasteiger partial charge in [0.15, 0.2) is 0 Å². The number of ether oxygens (including phenoxy) is 1. The minimum atomic E-state index is -2.92. The van der Waals surface area contributed by atoms with Crippen molar-refractivity contribution >= 4 is 17.6 Å². The fourth-order valence-electron chi connectivity index (χ4n) is 1.93. The van der Waals surface area contributed by atoms with Gasteiger partial charge in [0.25, 0.3) is 0 Å². The summed E-state index contributed by atoms with van der Waals surface area (Å²) in [6, 6.07) is 10.4. The van der Waals surface area contributed by atoms with Gasteiger partial charge in [-0.2, -0.15) is 8.78 Å². The molecule has 0 fully saturated rings. The van der Waals surface area contributed by atoms with E-state index in [4.69, 9.17) is 0 Å². The Morgan fingerprint density at radius 2 is 1.62 bits per heavy atom. The molecule has 0 unspecified atom stereocenters. The monoisotopic (exact) mass is 367 g/mol. The summed E-state index contributed by atoms with van der Waals surface area (Å²) in [7, 11) is 0. The van der Waals surface area contributed by atoms with Crippen LogP contribution in [0.15, 0.2) is 48.5 Å². The molecule has 0 radical (unpaired) electrons. The first-order chi connectivity index (χ1) is 12.4. The van der Waals surface area contributed by atoms with Gasteiger partial charge < -0.3 is 20.7 Å². The van der Waals surface area contributed by atoms with Crippen LogP contribution < -0.4 is 20.7 Å². The second kappa shape index (κ2) is 9.30. The summed E-state index contributed by atoms with van der Waals surface area (Å²) in [6.45, 7) is -3.03. The molecule has 6 nitrogen and oxygen atoms in total. The van der Waals surface area contributed by atoms with Crippen molar-refractivity contribution in [3.63, 3.8) is 0 Å². The molecular weight excluding hydrogens is 351 g/mol. The molecule has 2 aromatic rings. The third kappa shape index (κ3) is 6.71. The number of benzene rings is 2. The van der Waals surface area contributed by atoms with Gasteiger partial charge in [-0.1, -0.05) is 12.1 Å². The molecule has 26 heavy (non-hydrogen) atoms. The Morgan fingerprint density at radius 3 is 2.23 bits per heavy atom. The van der Waals surface area contributed by atoms with Gasteiger partial charge in [-0.05, 0) is 42.0 Å². The van der Waals surface area contributed by atoms with Gasteiger partial charge in [-0.3, -0.25) is 4.79 Å². The smallest absolute Gasteiger partial charge is 0.387 e.